The number of rotatable bonds is 4. The summed E-state index contributed by atoms with van der Waals surface area (Å²) < 4.78 is 0. The first-order valence-electron chi connectivity index (χ1n) is 13.6. The third kappa shape index (κ3) is 3.77. The minimum atomic E-state index is -0.658. The van der Waals surface area contributed by atoms with Gasteiger partial charge in [-0.3, -0.25) is 19.4 Å². The number of nitrogens with one attached hydrogen (secondary N) is 2. The zero-order chi connectivity index (χ0) is 26.6. The van der Waals surface area contributed by atoms with Crippen molar-refractivity contribution in [3.05, 3.63) is 89.1 Å². The van der Waals surface area contributed by atoms with Crippen molar-refractivity contribution < 1.29 is 14.4 Å². The van der Waals surface area contributed by atoms with Crippen LogP contribution in [0.5, 0.6) is 0 Å². The van der Waals surface area contributed by atoms with Crippen LogP contribution >= 0.6 is 0 Å². The van der Waals surface area contributed by atoms with Gasteiger partial charge in [-0.25, -0.2) is 4.98 Å². The molecule has 2 spiro atoms. The van der Waals surface area contributed by atoms with Gasteiger partial charge in [-0.05, 0) is 67.9 Å². The lowest BCUT2D eigenvalue weighted by Crippen LogP contribution is -2.51. The number of aromatic nitrogens is 1. The maximum atomic E-state index is 13.6. The molecule has 2 aliphatic carbocycles. The molecule has 3 amide bonds. The Kier molecular flexibility index (Phi) is 5.40. The number of amides is 3. The summed E-state index contributed by atoms with van der Waals surface area (Å²) in [6.45, 7) is -0.0544. The molecule has 1 saturated carbocycles. The van der Waals surface area contributed by atoms with Gasteiger partial charge < -0.3 is 15.5 Å². The molecule has 39 heavy (non-hydrogen) atoms. The molecule has 8 heteroatoms. The Balaban J connectivity index is 1.10. The number of carbonyl (C=O) groups excluding carboxylic acids is 3. The fraction of sp³-hybridized carbons (Fsp3) is 0.323. The van der Waals surface area contributed by atoms with Crippen molar-refractivity contribution in [3.63, 3.8) is 0 Å². The number of pyridine rings is 1. The van der Waals surface area contributed by atoms with E-state index < -0.39 is 11.1 Å². The van der Waals surface area contributed by atoms with E-state index in [1.807, 2.05) is 60.7 Å². The topological polar surface area (TPSA) is 104 Å². The summed E-state index contributed by atoms with van der Waals surface area (Å²) in [4.78, 5) is 50.9. The predicted octanol–water partition coefficient (Wildman–Crippen LogP) is 4.00. The Morgan fingerprint density at radius 1 is 0.949 bits per heavy atom. The van der Waals surface area contributed by atoms with Crippen molar-refractivity contribution in [3.8, 4) is 0 Å². The standard InChI is InChI=1S/C31H29N5O3/c37-25(19-36-28(38)26(20-8-3-1-4-9-20)35-31(36)13-5-2-6-14-31)33-23-12-11-21-17-30(18-22(21)16-23)24-10-7-15-32-27(24)34-29(30)39/h1,3-4,7-12,15-16H,2,5-6,13-14,17-19H2,(H,33,37)(H,32,34,39). The SMILES string of the molecule is O=C(CN1C(=O)C(c2ccccc2)=NC12CCCCC2)Nc1ccc2c(c1)CC1(C2)C(=O)Nc2ncccc21. The Morgan fingerprint density at radius 3 is 2.56 bits per heavy atom. The van der Waals surface area contributed by atoms with Gasteiger partial charge in [-0.1, -0.05) is 48.9 Å². The lowest BCUT2D eigenvalue weighted by atomic mass is 9.79. The fourth-order valence-corrected chi connectivity index (χ4v) is 6.83. The lowest BCUT2D eigenvalue weighted by Gasteiger charge is -2.38. The van der Waals surface area contributed by atoms with Crippen LogP contribution in [0.1, 0.15) is 54.4 Å². The lowest BCUT2D eigenvalue weighted by molar-refractivity contribution is -0.134. The molecule has 7 rings (SSSR count). The molecule has 2 aliphatic heterocycles. The van der Waals surface area contributed by atoms with Gasteiger partial charge in [-0.2, -0.15) is 0 Å². The van der Waals surface area contributed by atoms with Gasteiger partial charge in [0.2, 0.25) is 11.8 Å². The van der Waals surface area contributed by atoms with Crippen LogP contribution in [0, 0.1) is 0 Å². The predicted molar refractivity (Wildman–Crippen MR) is 148 cm³/mol. The molecular weight excluding hydrogens is 490 g/mol. The minimum absolute atomic E-state index is 0.0301. The van der Waals surface area contributed by atoms with Gasteiger partial charge in [0.05, 0.1) is 5.41 Å². The van der Waals surface area contributed by atoms with Crippen molar-refractivity contribution >= 4 is 34.9 Å². The van der Waals surface area contributed by atoms with Gasteiger partial charge in [0.1, 0.15) is 23.7 Å². The zero-order valence-electron chi connectivity index (χ0n) is 21.6. The van der Waals surface area contributed by atoms with Gasteiger partial charge in [0.15, 0.2) is 0 Å². The van der Waals surface area contributed by atoms with E-state index in [1.54, 1.807) is 11.1 Å². The van der Waals surface area contributed by atoms with Crippen LogP contribution < -0.4 is 10.6 Å². The van der Waals surface area contributed by atoms with Crippen LogP contribution in [-0.4, -0.2) is 45.5 Å². The summed E-state index contributed by atoms with van der Waals surface area (Å²) in [5.74, 6) is 0.165. The van der Waals surface area contributed by atoms with Gasteiger partial charge in [-0.15, -0.1) is 0 Å². The van der Waals surface area contributed by atoms with E-state index in [2.05, 4.69) is 15.6 Å². The number of benzene rings is 2. The third-order valence-electron chi connectivity index (χ3n) is 8.74. The summed E-state index contributed by atoms with van der Waals surface area (Å²) in [6.07, 6.45) is 7.45. The number of aliphatic imine (C=N–C) groups is 1. The van der Waals surface area contributed by atoms with E-state index in [-0.39, 0.29) is 24.3 Å². The smallest absolute Gasteiger partial charge is 0.275 e. The average Bonchev–Trinajstić information content (AvgIpc) is 3.56. The first-order valence-corrected chi connectivity index (χ1v) is 13.6. The molecular formula is C31H29N5O3. The third-order valence-corrected chi connectivity index (χ3v) is 8.74. The first-order chi connectivity index (χ1) is 19.0. The van der Waals surface area contributed by atoms with E-state index in [0.717, 1.165) is 54.4 Å². The molecule has 4 aliphatic rings. The number of fused-ring (bicyclic) bond motifs is 3. The highest BCUT2D eigenvalue weighted by atomic mass is 16.2. The Morgan fingerprint density at radius 2 is 1.74 bits per heavy atom. The van der Waals surface area contributed by atoms with Gasteiger partial charge >= 0.3 is 0 Å². The number of nitrogens with zero attached hydrogens (tertiary/aromatic N) is 3. The summed E-state index contributed by atoms with van der Waals surface area (Å²) in [5.41, 5.74) is 3.64. The van der Waals surface area contributed by atoms with Crippen molar-refractivity contribution in [1.82, 2.24) is 9.88 Å². The number of hydrogen-bond donors (Lipinski definition) is 2. The van der Waals surface area contributed by atoms with Crippen LogP contribution in [0.3, 0.4) is 0 Å². The maximum absolute atomic E-state index is 13.6. The molecule has 0 radical (unpaired) electrons. The van der Waals surface area contributed by atoms with Crippen LogP contribution in [0.25, 0.3) is 0 Å². The van der Waals surface area contributed by atoms with E-state index in [9.17, 15) is 14.4 Å². The highest BCUT2D eigenvalue weighted by molar-refractivity contribution is 6.47. The molecule has 1 fully saturated rings. The quantitative estimate of drug-likeness (QED) is 0.544. The van der Waals surface area contributed by atoms with Crippen LogP contribution in [-0.2, 0) is 32.6 Å². The maximum Gasteiger partial charge on any atom is 0.275 e. The largest absolute Gasteiger partial charge is 0.325 e. The van der Waals surface area contributed by atoms with E-state index in [0.29, 0.717) is 30.1 Å². The molecule has 0 saturated heterocycles. The molecule has 196 valence electrons. The second-order valence-corrected chi connectivity index (χ2v) is 11.1. The van der Waals surface area contributed by atoms with Gasteiger partial charge in [0.25, 0.3) is 5.91 Å². The minimum Gasteiger partial charge on any atom is -0.325 e. The van der Waals surface area contributed by atoms with Crippen molar-refractivity contribution in [2.24, 2.45) is 4.99 Å². The molecule has 3 aromatic rings. The van der Waals surface area contributed by atoms with Crippen molar-refractivity contribution in [2.75, 3.05) is 17.2 Å². The summed E-state index contributed by atoms with van der Waals surface area (Å²) >= 11 is 0. The number of hydrogen-bond acceptors (Lipinski definition) is 5. The molecule has 0 bridgehead atoms. The Hall–Kier alpha value is -4.33. The Bertz CT molecular complexity index is 1540. The highest BCUT2D eigenvalue weighted by Gasteiger charge is 2.51. The second kappa shape index (κ2) is 8.86. The Labute approximate surface area is 226 Å². The normalized spacial score (nSPS) is 22.6. The highest BCUT2D eigenvalue weighted by Crippen LogP contribution is 2.47. The molecule has 2 aromatic carbocycles. The summed E-state index contributed by atoms with van der Waals surface area (Å²) in [5, 5.41) is 5.94. The van der Waals surface area contributed by atoms with Crippen LogP contribution in [0.4, 0.5) is 11.5 Å². The monoisotopic (exact) mass is 519 g/mol. The molecule has 1 aromatic heterocycles. The van der Waals surface area contributed by atoms with E-state index >= 15 is 0 Å². The zero-order valence-corrected chi connectivity index (χ0v) is 21.6. The molecule has 2 N–H and O–H groups in total. The second-order valence-electron chi connectivity index (χ2n) is 11.1. The fourth-order valence-electron chi connectivity index (χ4n) is 6.83. The summed E-state index contributed by atoms with van der Waals surface area (Å²) in [6, 6.07) is 19.2. The van der Waals surface area contributed by atoms with E-state index in [4.69, 9.17) is 4.99 Å². The molecule has 1 atom stereocenters. The average molecular weight is 520 g/mol. The number of carbonyl (C=O) groups is 3. The summed E-state index contributed by atoms with van der Waals surface area (Å²) in [7, 11) is 0. The van der Waals surface area contributed by atoms with Crippen molar-refractivity contribution in [1.29, 1.82) is 0 Å². The van der Waals surface area contributed by atoms with Crippen molar-refractivity contribution in [2.45, 2.75) is 56.0 Å². The van der Waals surface area contributed by atoms with Gasteiger partial charge in [0, 0.05) is 23.0 Å². The van der Waals surface area contributed by atoms with Crippen LogP contribution in [0.2, 0.25) is 0 Å². The molecule has 1 unspecified atom stereocenters. The molecule has 8 nitrogen and oxygen atoms in total. The van der Waals surface area contributed by atoms with Crippen LogP contribution in [0.15, 0.2) is 71.9 Å². The van der Waals surface area contributed by atoms with E-state index in [1.165, 1.54) is 0 Å². The molecule has 3 heterocycles. The number of anilines is 2. The first kappa shape index (κ1) is 23.8.